The Bertz CT molecular complexity index is 247. The summed E-state index contributed by atoms with van der Waals surface area (Å²) in [7, 11) is -1.56. The summed E-state index contributed by atoms with van der Waals surface area (Å²) in [6, 6.07) is 1.43. The van der Waals surface area contributed by atoms with Crippen molar-refractivity contribution in [2.75, 3.05) is 6.61 Å². The molecule has 0 amide bonds. The van der Waals surface area contributed by atoms with Gasteiger partial charge in [-0.15, -0.1) is 0 Å². The van der Waals surface area contributed by atoms with Gasteiger partial charge < -0.3 is 4.43 Å². The van der Waals surface area contributed by atoms with Crippen molar-refractivity contribution in [3.05, 3.63) is 0 Å². The van der Waals surface area contributed by atoms with Gasteiger partial charge >= 0.3 is 0 Å². The van der Waals surface area contributed by atoms with Crippen molar-refractivity contribution in [2.24, 2.45) is 5.92 Å². The van der Waals surface area contributed by atoms with Crippen molar-refractivity contribution in [3.63, 3.8) is 0 Å². The summed E-state index contributed by atoms with van der Waals surface area (Å²) in [5.74, 6) is 0.817. The Balaban J connectivity index is 2.21. The first-order valence-electron chi connectivity index (χ1n) is 9.33. The lowest BCUT2D eigenvalue weighted by Crippen LogP contribution is -2.50. The van der Waals surface area contributed by atoms with Crippen LogP contribution in [0, 0.1) is 5.92 Å². The summed E-state index contributed by atoms with van der Waals surface area (Å²) in [5, 5.41) is 0. The predicted octanol–water partition coefficient (Wildman–Crippen LogP) is 6.29. The molecule has 0 aromatic carbocycles. The standard InChI is InChI=1S/C18H36OSi/c1-4-19-20(15-16(2)3,17-11-7-5-8-12-17)18-13-9-6-10-14-18/h16-18H,4-15H2,1-3H3. The summed E-state index contributed by atoms with van der Waals surface area (Å²) in [6.45, 7) is 8.05. The molecule has 0 spiro atoms. The van der Waals surface area contributed by atoms with E-state index in [-0.39, 0.29) is 0 Å². The van der Waals surface area contributed by atoms with Gasteiger partial charge in [-0.1, -0.05) is 78.1 Å². The third-order valence-electron chi connectivity index (χ3n) is 5.73. The molecular weight excluding hydrogens is 260 g/mol. The van der Waals surface area contributed by atoms with Crippen molar-refractivity contribution in [3.8, 4) is 0 Å². The van der Waals surface area contributed by atoms with Crippen molar-refractivity contribution < 1.29 is 4.43 Å². The van der Waals surface area contributed by atoms with E-state index >= 15 is 0 Å². The highest BCUT2D eigenvalue weighted by Gasteiger charge is 2.49. The fourth-order valence-corrected chi connectivity index (χ4v) is 11.6. The molecule has 2 aliphatic carbocycles. The minimum atomic E-state index is -1.56. The molecule has 20 heavy (non-hydrogen) atoms. The topological polar surface area (TPSA) is 9.23 Å². The second-order valence-corrected chi connectivity index (χ2v) is 11.9. The maximum Gasteiger partial charge on any atom is 0.199 e. The van der Waals surface area contributed by atoms with Crippen molar-refractivity contribution >= 4 is 8.32 Å². The van der Waals surface area contributed by atoms with Crippen molar-refractivity contribution in [1.29, 1.82) is 0 Å². The Morgan fingerprint density at radius 2 is 1.30 bits per heavy atom. The molecule has 2 saturated carbocycles. The van der Waals surface area contributed by atoms with E-state index in [0.29, 0.717) is 0 Å². The van der Waals surface area contributed by atoms with E-state index < -0.39 is 8.32 Å². The molecule has 118 valence electrons. The molecule has 2 aliphatic rings. The normalized spacial score (nSPS) is 23.4. The zero-order valence-electron chi connectivity index (χ0n) is 14.1. The first-order chi connectivity index (χ1) is 9.69. The van der Waals surface area contributed by atoms with Crippen LogP contribution in [0.15, 0.2) is 0 Å². The molecule has 2 rings (SSSR count). The minimum Gasteiger partial charge on any atom is -0.417 e. The first-order valence-corrected chi connectivity index (χ1v) is 11.6. The number of hydrogen-bond acceptors (Lipinski definition) is 1. The first kappa shape index (κ1) is 16.5. The quantitative estimate of drug-likeness (QED) is 0.523. The van der Waals surface area contributed by atoms with E-state index in [0.717, 1.165) is 23.6 Å². The maximum atomic E-state index is 6.76. The molecule has 0 aliphatic heterocycles. The monoisotopic (exact) mass is 296 g/mol. The molecule has 0 radical (unpaired) electrons. The third-order valence-corrected chi connectivity index (χ3v) is 11.9. The molecule has 2 fully saturated rings. The maximum absolute atomic E-state index is 6.76. The van der Waals surface area contributed by atoms with Gasteiger partial charge in [0.05, 0.1) is 0 Å². The van der Waals surface area contributed by atoms with Crippen LogP contribution in [-0.2, 0) is 4.43 Å². The van der Waals surface area contributed by atoms with Gasteiger partial charge in [0, 0.05) is 6.61 Å². The fourth-order valence-electron chi connectivity index (χ4n) is 5.05. The summed E-state index contributed by atoms with van der Waals surface area (Å²) < 4.78 is 6.76. The molecule has 0 N–H and O–H groups in total. The van der Waals surface area contributed by atoms with Gasteiger partial charge in [0.25, 0.3) is 0 Å². The Morgan fingerprint density at radius 3 is 1.65 bits per heavy atom. The molecule has 1 nitrogen and oxygen atoms in total. The van der Waals surface area contributed by atoms with Gasteiger partial charge in [-0.3, -0.25) is 0 Å². The lowest BCUT2D eigenvalue weighted by Gasteiger charge is -2.47. The Morgan fingerprint density at radius 1 is 0.850 bits per heavy atom. The van der Waals surface area contributed by atoms with Crippen molar-refractivity contribution in [1.82, 2.24) is 0 Å². The SMILES string of the molecule is CCO[Si](CC(C)C)(C1CCCCC1)C1CCCCC1. The van der Waals surface area contributed by atoms with Crippen LogP contribution in [0.1, 0.15) is 85.0 Å². The van der Waals surface area contributed by atoms with Gasteiger partial charge in [0.1, 0.15) is 0 Å². The van der Waals surface area contributed by atoms with Crippen LogP contribution >= 0.6 is 0 Å². The van der Waals surface area contributed by atoms with Gasteiger partial charge in [0.2, 0.25) is 0 Å². The van der Waals surface area contributed by atoms with E-state index in [1.165, 1.54) is 70.3 Å². The molecule has 0 aromatic heterocycles. The fraction of sp³-hybridized carbons (Fsp3) is 1.00. The molecule has 0 saturated heterocycles. The van der Waals surface area contributed by atoms with Crippen LogP contribution in [-0.4, -0.2) is 14.9 Å². The lowest BCUT2D eigenvalue weighted by atomic mass is 9.99. The second-order valence-electron chi connectivity index (χ2n) is 7.66. The average molecular weight is 297 g/mol. The molecular formula is C18H36OSi. The Labute approximate surface area is 128 Å². The molecule has 0 bridgehead atoms. The molecule has 2 heteroatoms. The van der Waals surface area contributed by atoms with Crippen LogP contribution in [0.2, 0.25) is 17.1 Å². The Kier molecular flexibility index (Phi) is 6.60. The average Bonchev–Trinajstić information content (AvgIpc) is 2.48. The molecule has 0 heterocycles. The van der Waals surface area contributed by atoms with E-state index in [9.17, 15) is 0 Å². The summed E-state index contributed by atoms with van der Waals surface area (Å²) in [6.07, 6.45) is 14.7. The molecule has 0 unspecified atom stereocenters. The summed E-state index contributed by atoms with van der Waals surface area (Å²) in [5.41, 5.74) is 1.95. The third kappa shape index (κ3) is 3.88. The zero-order valence-corrected chi connectivity index (χ0v) is 15.1. The highest BCUT2D eigenvalue weighted by molar-refractivity contribution is 6.76. The largest absolute Gasteiger partial charge is 0.417 e. The van der Waals surface area contributed by atoms with Crippen molar-refractivity contribution in [2.45, 2.75) is 102 Å². The van der Waals surface area contributed by atoms with Gasteiger partial charge in [-0.2, -0.15) is 0 Å². The Hall–Kier alpha value is 0.177. The van der Waals surface area contributed by atoms with Crippen LogP contribution in [0.4, 0.5) is 0 Å². The van der Waals surface area contributed by atoms with E-state index in [4.69, 9.17) is 4.43 Å². The van der Waals surface area contributed by atoms with Crippen LogP contribution in [0.25, 0.3) is 0 Å². The molecule has 0 atom stereocenters. The number of hydrogen-bond donors (Lipinski definition) is 0. The van der Waals surface area contributed by atoms with Crippen LogP contribution in [0.5, 0.6) is 0 Å². The van der Waals surface area contributed by atoms with Crippen LogP contribution < -0.4 is 0 Å². The smallest absolute Gasteiger partial charge is 0.199 e. The molecule has 0 aromatic rings. The minimum absolute atomic E-state index is 0.817. The second kappa shape index (κ2) is 7.98. The summed E-state index contributed by atoms with van der Waals surface area (Å²) in [4.78, 5) is 0. The summed E-state index contributed by atoms with van der Waals surface area (Å²) >= 11 is 0. The van der Waals surface area contributed by atoms with E-state index in [1.54, 1.807) is 0 Å². The van der Waals surface area contributed by atoms with Gasteiger partial charge in [-0.25, -0.2) is 0 Å². The van der Waals surface area contributed by atoms with Crippen LogP contribution in [0.3, 0.4) is 0 Å². The highest BCUT2D eigenvalue weighted by atomic mass is 28.4. The van der Waals surface area contributed by atoms with Gasteiger partial charge in [0.15, 0.2) is 8.32 Å². The number of rotatable bonds is 6. The van der Waals surface area contributed by atoms with E-state index in [2.05, 4.69) is 20.8 Å². The predicted molar refractivity (Wildman–Crippen MR) is 90.7 cm³/mol. The van der Waals surface area contributed by atoms with E-state index in [1.807, 2.05) is 0 Å². The van der Waals surface area contributed by atoms with Gasteiger partial charge in [-0.05, 0) is 30.0 Å². The zero-order chi connectivity index (χ0) is 14.4. The highest BCUT2D eigenvalue weighted by Crippen LogP contribution is 2.51. The lowest BCUT2D eigenvalue weighted by molar-refractivity contribution is 0.267.